The Hall–Kier alpha value is -4.66. The van der Waals surface area contributed by atoms with E-state index in [0.717, 1.165) is 31.7 Å². The zero-order chi connectivity index (χ0) is 29.5. The van der Waals surface area contributed by atoms with Crippen LogP contribution in [0.2, 0.25) is 0 Å². The lowest BCUT2D eigenvalue weighted by Gasteiger charge is -2.25. The van der Waals surface area contributed by atoms with Gasteiger partial charge in [0.2, 0.25) is 0 Å². The molecule has 0 saturated carbocycles. The SMILES string of the molecule is CN(C(=O)OCC1c2ccccc2-c2ccccc21)[C@@H](Cc1cn(C(=O)OC(C)(C)C)c2cccc(F)c12)C(=O)O. The van der Waals surface area contributed by atoms with Crippen LogP contribution in [0, 0.1) is 5.82 Å². The summed E-state index contributed by atoms with van der Waals surface area (Å²) in [6, 6.07) is 18.7. The van der Waals surface area contributed by atoms with Crippen molar-refractivity contribution in [1.29, 1.82) is 0 Å². The number of aromatic nitrogens is 1. The average molecular weight is 559 g/mol. The molecular weight excluding hydrogens is 527 g/mol. The van der Waals surface area contributed by atoms with Gasteiger partial charge in [-0.1, -0.05) is 54.6 Å². The number of ether oxygens (including phenoxy) is 2. The molecule has 9 heteroatoms. The van der Waals surface area contributed by atoms with Crippen LogP contribution in [0.15, 0.2) is 72.9 Å². The molecule has 1 aromatic heterocycles. The highest BCUT2D eigenvalue weighted by Crippen LogP contribution is 2.44. The van der Waals surface area contributed by atoms with E-state index in [0.29, 0.717) is 0 Å². The van der Waals surface area contributed by atoms with Crippen molar-refractivity contribution in [3.8, 4) is 11.1 Å². The number of aliphatic carboxylic acids is 1. The van der Waals surface area contributed by atoms with Crippen molar-refractivity contribution in [3.05, 3.63) is 95.4 Å². The Morgan fingerprint density at radius 2 is 1.59 bits per heavy atom. The number of likely N-dealkylation sites (N-methyl/N-ethyl adjacent to an activating group) is 1. The normalized spacial score (nSPS) is 13.4. The van der Waals surface area contributed by atoms with Crippen LogP contribution in [0.3, 0.4) is 0 Å². The first kappa shape index (κ1) is 27.9. The number of carbonyl (C=O) groups is 3. The van der Waals surface area contributed by atoms with Crippen LogP contribution < -0.4 is 0 Å². The van der Waals surface area contributed by atoms with E-state index in [9.17, 15) is 23.9 Å². The molecule has 1 atom stereocenters. The Kier molecular flexibility index (Phi) is 7.29. The van der Waals surface area contributed by atoms with Crippen molar-refractivity contribution in [2.45, 2.75) is 44.8 Å². The molecule has 0 aliphatic heterocycles. The van der Waals surface area contributed by atoms with Crippen LogP contribution >= 0.6 is 0 Å². The maximum Gasteiger partial charge on any atom is 0.419 e. The molecule has 4 aromatic rings. The van der Waals surface area contributed by atoms with E-state index < -0.39 is 35.6 Å². The minimum atomic E-state index is -1.39. The summed E-state index contributed by atoms with van der Waals surface area (Å²) in [7, 11) is 1.33. The predicted molar refractivity (Wildman–Crippen MR) is 151 cm³/mol. The van der Waals surface area contributed by atoms with Gasteiger partial charge in [-0.15, -0.1) is 0 Å². The van der Waals surface area contributed by atoms with E-state index in [1.165, 1.54) is 25.4 Å². The Bertz CT molecular complexity index is 1610. The highest BCUT2D eigenvalue weighted by atomic mass is 19.1. The maximum atomic E-state index is 15.0. The monoisotopic (exact) mass is 558 g/mol. The fourth-order valence-electron chi connectivity index (χ4n) is 5.36. The first-order valence-corrected chi connectivity index (χ1v) is 13.3. The lowest BCUT2D eigenvalue weighted by molar-refractivity contribution is -0.142. The molecule has 1 aliphatic carbocycles. The third-order valence-electron chi connectivity index (χ3n) is 7.24. The minimum Gasteiger partial charge on any atom is -0.480 e. The number of amides is 1. The fraction of sp³-hybridized carbons (Fsp3) is 0.281. The standard InChI is InChI=1S/C32H31FN2O6/c1-32(2,3)41-31(39)35-17-19(28-25(33)14-9-15-26(28)35)16-27(29(36)37)34(4)30(38)40-18-24-22-12-7-5-10-20(22)21-11-6-8-13-23(21)24/h5-15,17,24,27H,16,18H2,1-4H3,(H,36,37)/t27-/m0/s1. The van der Waals surface area contributed by atoms with Gasteiger partial charge in [0.25, 0.3) is 0 Å². The molecule has 41 heavy (non-hydrogen) atoms. The zero-order valence-electron chi connectivity index (χ0n) is 23.3. The van der Waals surface area contributed by atoms with E-state index in [1.54, 1.807) is 26.8 Å². The van der Waals surface area contributed by atoms with Gasteiger partial charge in [-0.25, -0.2) is 18.8 Å². The van der Waals surface area contributed by atoms with E-state index in [2.05, 4.69) is 0 Å². The molecule has 8 nitrogen and oxygen atoms in total. The highest BCUT2D eigenvalue weighted by Gasteiger charge is 2.33. The molecule has 1 aliphatic rings. The Morgan fingerprint density at radius 3 is 2.17 bits per heavy atom. The summed E-state index contributed by atoms with van der Waals surface area (Å²) in [5, 5.41) is 10.2. The summed E-state index contributed by atoms with van der Waals surface area (Å²) in [6.45, 7) is 5.15. The number of fused-ring (bicyclic) bond motifs is 4. The summed E-state index contributed by atoms with van der Waals surface area (Å²) in [4.78, 5) is 39.3. The molecule has 0 unspecified atom stereocenters. The first-order chi connectivity index (χ1) is 19.5. The van der Waals surface area contributed by atoms with Crippen molar-refractivity contribution in [2.24, 2.45) is 0 Å². The molecule has 1 heterocycles. The van der Waals surface area contributed by atoms with Crippen molar-refractivity contribution in [3.63, 3.8) is 0 Å². The van der Waals surface area contributed by atoms with E-state index in [-0.39, 0.29) is 35.4 Å². The quantitative estimate of drug-likeness (QED) is 0.293. The number of rotatable bonds is 6. The summed E-state index contributed by atoms with van der Waals surface area (Å²) in [5.41, 5.74) is 3.90. The predicted octanol–water partition coefficient (Wildman–Crippen LogP) is 6.44. The Morgan fingerprint density at radius 1 is 0.976 bits per heavy atom. The number of carbonyl (C=O) groups excluding carboxylic acids is 2. The minimum absolute atomic E-state index is 0.0239. The zero-order valence-corrected chi connectivity index (χ0v) is 23.3. The molecule has 3 aromatic carbocycles. The second-order valence-electron chi connectivity index (χ2n) is 11.1. The van der Waals surface area contributed by atoms with Gasteiger partial charge in [0, 0.05) is 31.0 Å². The number of carboxylic acid groups (broad SMARTS) is 1. The molecule has 0 spiro atoms. The van der Waals surface area contributed by atoms with Gasteiger partial charge >= 0.3 is 18.2 Å². The van der Waals surface area contributed by atoms with E-state index in [4.69, 9.17) is 9.47 Å². The molecule has 0 saturated heterocycles. The average Bonchev–Trinajstić information content (AvgIpc) is 3.45. The molecule has 0 fully saturated rings. The number of benzene rings is 3. The molecule has 5 rings (SSSR count). The molecule has 1 N–H and O–H groups in total. The van der Waals surface area contributed by atoms with E-state index >= 15 is 0 Å². The van der Waals surface area contributed by atoms with Gasteiger partial charge in [0.15, 0.2) is 0 Å². The summed E-state index contributed by atoms with van der Waals surface area (Å²) in [6.07, 6.45) is -0.446. The number of carboxylic acids is 1. The van der Waals surface area contributed by atoms with Crippen LogP contribution in [-0.4, -0.2) is 58.0 Å². The van der Waals surface area contributed by atoms with Crippen LogP contribution in [0.25, 0.3) is 22.0 Å². The third-order valence-corrected chi connectivity index (χ3v) is 7.24. The summed E-state index contributed by atoms with van der Waals surface area (Å²) < 4.78 is 27.3. The second-order valence-corrected chi connectivity index (χ2v) is 11.1. The van der Waals surface area contributed by atoms with Crippen LogP contribution in [0.1, 0.15) is 43.4 Å². The van der Waals surface area contributed by atoms with Gasteiger partial charge in [-0.05, 0) is 60.7 Å². The smallest absolute Gasteiger partial charge is 0.419 e. The van der Waals surface area contributed by atoms with Crippen molar-refractivity contribution in [2.75, 3.05) is 13.7 Å². The van der Waals surface area contributed by atoms with Gasteiger partial charge in [-0.3, -0.25) is 9.47 Å². The van der Waals surface area contributed by atoms with Crippen molar-refractivity contribution in [1.82, 2.24) is 9.47 Å². The molecule has 212 valence electrons. The lowest BCUT2D eigenvalue weighted by atomic mass is 9.98. The lowest BCUT2D eigenvalue weighted by Crippen LogP contribution is -2.44. The van der Waals surface area contributed by atoms with Crippen molar-refractivity contribution < 1.29 is 33.4 Å². The van der Waals surface area contributed by atoms with Crippen molar-refractivity contribution >= 4 is 29.1 Å². The number of hydrogen-bond donors (Lipinski definition) is 1. The largest absolute Gasteiger partial charge is 0.480 e. The first-order valence-electron chi connectivity index (χ1n) is 13.3. The Balaban J connectivity index is 1.38. The van der Waals surface area contributed by atoms with Crippen LogP contribution in [0.4, 0.5) is 14.0 Å². The topological polar surface area (TPSA) is 98.1 Å². The number of nitrogens with zero attached hydrogens (tertiary/aromatic N) is 2. The second kappa shape index (κ2) is 10.7. The van der Waals surface area contributed by atoms with Gasteiger partial charge < -0.3 is 14.6 Å². The third kappa shape index (κ3) is 5.39. The molecule has 1 amide bonds. The van der Waals surface area contributed by atoms with Crippen LogP contribution in [-0.2, 0) is 20.7 Å². The number of hydrogen-bond acceptors (Lipinski definition) is 5. The summed E-state index contributed by atoms with van der Waals surface area (Å²) in [5.74, 6) is -2.10. The van der Waals surface area contributed by atoms with E-state index in [1.807, 2.05) is 48.5 Å². The molecule has 0 radical (unpaired) electrons. The van der Waals surface area contributed by atoms with Gasteiger partial charge in [0.05, 0.1) is 5.52 Å². The van der Waals surface area contributed by atoms with Crippen LogP contribution in [0.5, 0.6) is 0 Å². The highest BCUT2D eigenvalue weighted by molar-refractivity contribution is 5.93. The molecule has 0 bridgehead atoms. The van der Waals surface area contributed by atoms with Gasteiger partial charge in [0.1, 0.15) is 24.1 Å². The maximum absolute atomic E-state index is 15.0. The Labute approximate surface area is 236 Å². The summed E-state index contributed by atoms with van der Waals surface area (Å²) >= 11 is 0. The van der Waals surface area contributed by atoms with Gasteiger partial charge in [-0.2, -0.15) is 0 Å². The fourth-order valence-corrected chi connectivity index (χ4v) is 5.36. The number of halogens is 1. The molecular formula is C32H31FN2O6.